The van der Waals surface area contributed by atoms with Gasteiger partial charge in [0, 0.05) is 39.1 Å². The van der Waals surface area contributed by atoms with Gasteiger partial charge in [-0.25, -0.2) is 4.39 Å². The Morgan fingerprint density at radius 2 is 2.24 bits per heavy atom. The quantitative estimate of drug-likeness (QED) is 0.697. The Kier molecular flexibility index (Phi) is 5.85. The lowest BCUT2D eigenvalue weighted by Gasteiger charge is -2.32. The van der Waals surface area contributed by atoms with Crippen LogP contribution in [0.3, 0.4) is 0 Å². The van der Waals surface area contributed by atoms with Gasteiger partial charge in [-0.15, -0.1) is 11.3 Å². The number of hydrogen-bond donors (Lipinski definition) is 0. The van der Waals surface area contributed by atoms with Crippen molar-refractivity contribution in [3.8, 4) is 17.2 Å². The van der Waals surface area contributed by atoms with E-state index in [0.717, 1.165) is 27.4 Å². The van der Waals surface area contributed by atoms with Crippen LogP contribution in [0, 0.1) is 11.3 Å². The van der Waals surface area contributed by atoms with E-state index in [1.165, 1.54) is 0 Å². The number of anilines is 1. The van der Waals surface area contributed by atoms with Gasteiger partial charge in [-0.1, -0.05) is 36.2 Å². The number of benzene rings is 1. The van der Waals surface area contributed by atoms with Crippen molar-refractivity contribution in [1.29, 1.82) is 5.26 Å². The average molecular weight is 399 g/mol. The summed E-state index contributed by atoms with van der Waals surface area (Å²) < 4.78 is 18.4. The number of nitrogens with zero attached hydrogens (tertiary/aromatic N) is 2. The molecule has 1 aromatic heterocycles. The Morgan fingerprint density at radius 1 is 1.44 bits per heavy atom. The number of thiophene rings is 1. The van der Waals surface area contributed by atoms with Crippen LogP contribution in [-0.4, -0.2) is 32.5 Å². The largest absolute Gasteiger partial charge is 0.372 e. The number of aryl methyl sites for hydroxylation is 1. The lowest BCUT2D eigenvalue weighted by atomic mass is 10.0. The molecule has 25 heavy (non-hydrogen) atoms. The van der Waals surface area contributed by atoms with Crippen LogP contribution in [0.25, 0.3) is 11.1 Å². The molecule has 2 heterocycles. The Bertz CT molecular complexity index is 818. The summed E-state index contributed by atoms with van der Waals surface area (Å²) >= 11 is 14.0. The summed E-state index contributed by atoms with van der Waals surface area (Å²) in [6.07, 6.45) is 0.333. The summed E-state index contributed by atoms with van der Waals surface area (Å²) in [5, 5.41) is 11.8. The van der Waals surface area contributed by atoms with Crippen molar-refractivity contribution in [2.24, 2.45) is 0 Å². The maximum Gasteiger partial charge on any atom is 0.117 e. The first-order valence-electron chi connectivity index (χ1n) is 8.02. The number of ether oxygens (including phenoxy) is 1. The summed E-state index contributed by atoms with van der Waals surface area (Å²) in [7, 11) is 0. The van der Waals surface area contributed by atoms with E-state index in [2.05, 4.69) is 6.07 Å². The molecule has 1 aromatic carbocycles. The minimum absolute atomic E-state index is 0.447. The van der Waals surface area contributed by atoms with E-state index in [4.69, 9.17) is 27.9 Å². The van der Waals surface area contributed by atoms with Gasteiger partial charge in [0.25, 0.3) is 0 Å². The average Bonchev–Trinajstić information content (AvgIpc) is 3.00. The molecule has 1 fully saturated rings. The maximum absolute atomic E-state index is 13.0. The van der Waals surface area contributed by atoms with Gasteiger partial charge in [0.1, 0.15) is 23.8 Å². The highest BCUT2D eigenvalue weighted by atomic mass is 35.5. The van der Waals surface area contributed by atoms with Crippen molar-refractivity contribution in [1.82, 2.24) is 0 Å². The summed E-state index contributed by atoms with van der Waals surface area (Å²) in [6.45, 7) is 3.06. The molecule has 3 rings (SSSR count). The zero-order valence-corrected chi connectivity index (χ0v) is 16.0. The number of alkyl halides is 1. The van der Waals surface area contributed by atoms with Crippen LogP contribution in [-0.2, 0) is 11.2 Å². The van der Waals surface area contributed by atoms with Crippen LogP contribution in [0.2, 0.25) is 10.0 Å². The molecule has 3 nitrogen and oxygen atoms in total. The SMILES string of the molecule is CCc1sc(N2CCOC(CF)C2)c(C#N)c1-c1ccc(Cl)cc1Cl. The molecule has 0 radical (unpaired) electrons. The molecular formula is C18H17Cl2FN2OS. The van der Waals surface area contributed by atoms with Gasteiger partial charge in [-0.2, -0.15) is 5.26 Å². The van der Waals surface area contributed by atoms with Crippen LogP contribution in [0.5, 0.6) is 0 Å². The van der Waals surface area contributed by atoms with Gasteiger partial charge in [-0.05, 0) is 18.6 Å². The zero-order chi connectivity index (χ0) is 18.0. The number of rotatable bonds is 4. The summed E-state index contributed by atoms with van der Waals surface area (Å²) in [5.74, 6) is 0. The highest BCUT2D eigenvalue weighted by Crippen LogP contribution is 2.45. The minimum atomic E-state index is -0.528. The van der Waals surface area contributed by atoms with Crippen molar-refractivity contribution < 1.29 is 9.13 Å². The van der Waals surface area contributed by atoms with Crippen molar-refractivity contribution in [3.05, 3.63) is 38.7 Å². The van der Waals surface area contributed by atoms with Gasteiger partial charge in [0.15, 0.2) is 0 Å². The van der Waals surface area contributed by atoms with E-state index in [0.29, 0.717) is 35.3 Å². The number of nitriles is 1. The fraction of sp³-hybridized carbons (Fsp3) is 0.389. The third-order valence-electron chi connectivity index (χ3n) is 4.19. The van der Waals surface area contributed by atoms with E-state index in [1.807, 2.05) is 17.9 Å². The van der Waals surface area contributed by atoms with Gasteiger partial charge < -0.3 is 9.64 Å². The molecule has 0 saturated carbocycles. The second-order valence-electron chi connectivity index (χ2n) is 5.76. The van der Waals surface area contributed by atoms with Crippen molar-refractivity contribution in [2.75, 3.05) is 31.3 Å². The van der Waals surface area contributed by atoms with E-state index in [9.17, 15) is 9.65 Å². The Balaban J connectivity index is 2.10. The Labute approximate surface area is 160 Å². The molecule has 0 bridgehead atoms. The molecule has 132 valence electrons. The Hall–Kier alpha value is -1.32. The molecule has 1 aliphatic rings. The molecule has 1 aliphatic heterocycles. The first kappa shape index (κ1) is 18.5. The molecule has 7 heteroatoms. The normalized spacial score (nSPS) is 17.6. The van der Waals surface area contributed by atoms with Gasteiger partial charge in [0.05, 0.1) is 12.2 Å². The monoisotopic (exact) mass is 398 g/mol. The number of morpholine rings is 1. The lowest BCUT2D eigenvalue weighted by Crippen LogP contribution is -2.43. The summed E-state index contributed by atoms with van der Waals surface area (Å²) in [6, 6.07) is 7.64. The summed E-state index contributed by atoms with van der Waals surface area (Å²) in [4.78, 5) is 3.13. The summed E-state index contributed by atoms with van der Waals surface area (Å²) in [5.41, 5.74) is 2.25. The topological polar surface area (TPSA) is 36.3 Å². The number of hydrogen-bond acceptors (Lipinski definition) is 4. The molecule has 1 unspecified atom stereocenters. The smallest absolute Gasteiger partial charge is 0.117 e. The minimum Gasteiger partial charge on any atom is -0.372 e. The zero-order valence-electron chi connectivity index (χ0n) is 13.7. The van der Waals surface area contributed by atoms with E-state index in [-0.39, 0.29) is 0 Å². The van der Waals surface area contributed by atoms with Crippen molar-refractivity contribution >= 4 is 39.5 Å². The highest BCUT2D eigenvalue weighted by Gasteiger charge is 2.28. The predicted molar refractivity (Wildman–Crippen MR) is 102 cm³/mol. The molecule has 1 saturated heterocycles. The number of halogens is 3. The third kappa shape index (κ3) is 3.63. The third-order valence-corrected chi connectivity index (χ3v) is 6.14. The highest BCUT2D eigenvalue weighted by molar-refractivity contribution is 7.17. The molecule has 2 aromatic rings. The van der Waals surface area contributed by atoms with Crippen molar-refractivity contribution in [2.45, 2.75) is 19.4 Å². The first-order chi connectivity index (χ1) is 12.1. The van der Waals surface area contributed by atoms with Gasteiger partial charge in [0.2, 0.25) is 0 Å². The van der Waals surface area contributed by atoms with Gasteiger partial charge >= 0.3 is 0 Å². The molecule has 0 N–H and O–H groups in total. The Morgan fingerprint density at radius 3 is 2.88 bits per heavy atom. The van der Waals surface area contributed by atoms with Crippen LogP contribution >= 0.6 is 34.5 Å². The molecule has 1 atom stereocenters. The van der Waals surface area contributed by atoms with Crippen LogP contribution < -0.4 is 4.90 Å². The second-order valence-corrected chi connectivity index (χ2v) is 7.69. The maximum atomic E-state index is 13.0. The molecule has 0 aliphatic carbocycles. The van der Waals surface area contributed by atoms with Crippen LogP contribution in [0.4, 0.5) is 9.39 Å². The fourth-order valence-electron chi connectivity index (χ4n) is 3.01. The second kappa shape index (κ2) is 7.92. The van der Waals surface area contributed by atoms with Crippen LogP contribution in [0.1, 0.15) is 17.4 Å². The van der Waals surface area contributed by atoms with E-state index >= 15 is 0 Å². The molecule has 0 amide bonds. The predicted octanol–water partition coefficient (Wildman–Crippen LogP) is 5.33. The van der Waals surface area contributed by atoms with E-state index < -0.39 is 12.8 Å². The van der Waals surface area contributed by atoms with Crippen LogP contribution in [0.15, 0.2) is 18.2 Å². The van der Waals surface area contributed by atoms with Crippen molar-refractivity contribution in [3.63, 3.8) is 0 Å². The standard InChI is InChI=1S/C18H17Cl2FN2OS/c1-2-16-17(13-4-3-11(19)7-15(13)20)14(9-22)18(25-16)23-5-6-24-12(8-21)10-23/h3-4,7,12H,2,5-6,8,10H2,1H3. The first-order valence-corrected chi connectivity index (χ1v) is 9.60. The molecular weight excluding hydrogens is 382 g/mol. The van der Waals surface area contributed by atoms with E-state index in [1.54, 1.807) is 23.5 Å². The fourth-order valence-corrected chi connectivity index (χ4v) is 4.75. The lowest BCUT2D eigenvalue weighted by molar-refractivity contribution is 0.0249. The van der Waals surface area contributed by atoms with Gasteiger partial charge in [-0.3, -0.25) is 0 Å². The molecule has 0 spiro atoms.